The molecule has 0 spiro atoms. The summed E-state index contributed by atoms with van der Waals surface area (Å²) in [6.45, 7) is 20.4. The van der Waals surface area contributed by atoms with E-state index in [2.05, 4.69) is 11.0 Å². The summed E-state index contributed by atoms with van der Waals surface area (Å²) in [7, 11) is 0. The van der Waals surface area contributed by atoms with E-state index >= 15 is 0 Å². The number of amides is 1. The smallest absolute Gasteiger partial charge is 0.405 e. The molecule has 4 N–H and O–H groups in total. The number of piperazine rings is 1. The Morgan fingerprint density at radius 3 is 1.96 bits per heavy atom. The third-order valence-corrected chi connectivity index (χ3v) is 3.75. The Kier molecular flexibility index (Phi) is 25.5. The van der Waals surface area contributed by atoms with Crippen molar-refractivity contribution in [2.45, 2.75) is 74.3 Å². The van der Waals surface area contributed by atoms with Gasteiger partial charge in [-0.25, -0.2) is 9.80 Å². The van der Waals surface area contributed by atoms with Gasteiger partial charge in [0.2, 0.25) is 0 Å². The number of hydrogen-bond acceptors (Lipinski definition) is 5. The van der Waals surface area contributed by atoms with E-state index in [0.29, 0.717) is 0 Å². The monoisotopic (exact) mass is 386 g/mol. The number of nitrogens with zero attached hydrogens (tertiary/aromatic N) is 2. The molecule has 1 fully saturated rings. The lowest BCUT2D eigenvalue weighted by molar-refractivity contribution is 0.0930. The van der Waals surface area contributed by atoms with Gasteiger partial charge in [-0.1, -0.05) is 59.8 Å². The van der Waals surface area contributed by atoms with Gasteiger partial charge in [0.1, 0.15) is 6.10 Å². The molecule has 0 saturated carbocycles. The average molecular weight is 387 g/mol. The second-order valence-electron chi connectivity index (χ2n) is 5.23. The Hall–Kier alpha value is -1.37. The van der Waals surface area contributed by atoms with E-state index in [1.165, 1.54) is 0 Å². The topological polar surface area (TPSA) is 84.8 Å². The molecule has 27 heavy (non-hydrogen) atoms. The van der Waals surface area contributed by atoms with Crippen LogP contribution in [0.3, 0.4) is 0 Å². The van der Waals surface area contributed by atoms with Crippen LogP contribution in [0.15, 0.2) is 23.8 Å². The van der Waals surface area contributed by atoms with Crippen molar-refractivity contribution >= 4 is 6.09 Å². The molecule has 0 aromatic carbocycles. The van der Waals surface area contributed by atoms with Crippen LogP contribution in [-0.2, 0) is 4.74 Å². The summed E-state index contributed by atoms with van der Waals surface area (Å²) in [6.07, 6.45) is 6.62. The van der Waals surface area contributed by atoms with Gasteiger partial charge >= 0.3 is 6.09 Å². The summed E-state index contributed by atoms with van der Waals surface area (Å²) in [5.41, 5.74) is 6.29. The summed E-state index contributed by atoms with van der Waals surface area (Å²) in [4.78, 5) is 13.5. The van der Waals surface area contributed by atoms with Gasteiger partial charge in [0.15, 0.2) is 0 Å². The zero-order chi connectivity index (χ0) is 21.7. The highest BCUT2D eigenvalue weighted by Crippen LogP contribution is 2.17. The number of primary amides is 1. The lowest BCUT2D eigenvalue weighted by Gasteiger charge is -2.32. The fourth-order valence-corrected chi connectivity index (χ4v) is 2.44. The molecular formula is C21H46N4O2. The average Bonchev–Trinajstić information content (AvgIpc) is 2.72. The van der Waals surface area contributed by atoms with E-state index in [-0.39, 0.29) is 6.10 Å². The Labute approximate surface area is 168 Å². The van der Waals surface area contributed by atoms with Crippen molar-refractivity contribution in [1.82, 2.24) is 9.91 Å². The molecule has 0 aromatic heterocycles. The number of nitrogens with two attached hydrogens (primary N) is 2. The summed E-state index contributed by atoms with van der Waals surface area (Å²) in [6, 6.07) is 0. The van der Waals surface area contributed by atoms with Gasteiger partial charge in [0.25, 0.3) is 0 Å². The lowest BCUT2D eigenvalue weighted by Crippen LogP contribution is -2.49. The van der Waals surface area contributed by atoms with Crippen molar-refractivity contribution in [2.24, 2.45) is 11.6 Å². The van der Waals surface area contributed by atoms with Gasteiger partial charge in [-0.2, -0.15) is 0 Å². The molecule has 1 amide bonds. The summed E-state index contributed by atoms with van der Waals surface area (Å²) in [5.74, 6) is 5.75. The number of rotatable bonds is 7. The molecule has 1 unspecified atom stereocenters. The van der Waals surface area contributed by atoms with E-state index in [1.54, 1.807) is 0 Å². The van der Waals surface area contributed by atoms with Crippen molar-refractivity contribution in [1.29, 1.82) is 0 Å². The van der Waals surface area contributed by atoms with Crippen LogP contribution in [0, 0.1) is 0 Å². The van der Waals surface area contributed by atoms with Crippen LogP contribution in [0.2, 0.25) is 0 Å². The van der Waals surface area contributed by atoms with Crippen LogP contribution in [0.5, 0.6) is 0 Å². The number of hydrogen-bond donors (Lipinski definition) is 2. The quantitative estimate of drug-likeness (QED) is 0.503. The largest absolute Gasteiger partial charge is 0.442 e. The molecule has 162 valence electrons. The predicted octanol–water partition coefficient (Wildman–Crippen LogP) is 4.32. The first-order valence-corrected chi connectivity index (χ1v) is 10.5. The standard InChI is InChI=1S/C15H28N4O2.3C2H6/c1-3-5-6-13(4-2)14(21-15(16)20)7-8-18-9-11-19(17)12-10-18;3*1-2/h3-5,14H,6-12,17H2,1-2H3,(H2,16,20);3*1-2H3/b5-3?,13-4+;;;. The Morgan fingerprint density at radius 2 is 1.56 bits per heavy atom. The molecule has 1 atom stereocenters. The van der Waals surface area contributed by atoms with Crippen molar-refractivity contribution < 1.29 is 9.53 Å². The van der Waals surface area contributed by atoms with Gasteiger partial charge in [0, 0.05) is 39.1 Å². The molecule has 1 aliphatic rings. The van der Waals surface area contributed by atoms with Crippen molar-refractivity contribution in [2.75, 3.05) is 32.7 Å². The first-order valence-electron chi connectivity index (χ1n) is 10.5. The number of carbonyl (C=O) groups excluding carboxylic acids is 1. The summed E-state index contributed by atoms with van der Waals surface area (Å²) in [5, 5.41) is 1.83. The zero-order valence-corrected chi connectivity index (χ0v) is 19.1. The molecule has 0 bridgehead atoms. The Balaban J connectivity index is -0.000000869. The second kappa shape index (κ2) is 22.7. The van der Waals surface area contributed by atoms with Gasteiger partial charge < -0.3 is 15.4 Å². The highest BCUT2D eigenvalue weighted by atomic mass is 16.6. The maximum absolute atomic E-state index is 11.1. The van der Waals surface area contributed by atoms with Crippen molar-refractivity contribution in [3.8, 4) is 0 Å². The second-order valence-corrected chi connectivity index (χ2v) is 5.23. The molecule has 6 heteroatoms. The third-order valence-electron chi connectivity index (χ3n) is 3.75. The minimum absolute atomic E-state index is 0.250. The van der Waals surface area contributed by atoms with E-state index in [1.807, 2.05) is 72.6 Å². The SMILES string of the molecule is CC.CC.CC.CC=CC/C(=C\C)C(CCN1CCN(N)CC1)OC(N)=O. The lowest BCUT2D eigenvalue weighted by atomic mass is 10.0. The summed E-state index contributed by atoms with van der Waals surface area (Å²) >= 11 is 0. The molecule has 1 aliphatic heterocycles. The predicted molar refractivity (Wildman–Crippen MR) is 119 cm³/mol. The molecule has 1 saturated heterocycles. The van der Waals surface area contributed by atoms with Crippen molar-refractivity contribution in [3.05, 3.63) is 23.8 Å². The number of carbonyl (C=O) groups is 1. The summed E-state index contributed by atoms with van der Waals surface area (Å²) < 4.78 is 5.29. The fraction of sp³-hybridized carbons (Fsp3) is 0.762. The highest BCUT2D eigenvalue weighted by molar-refractivity contribution is 5.65. The number of allylic oxidation sites excluding steroid dienone is 3. The van der Waals surface area contributed by atoms with Gasteiger partial charge in [0.05, 0.1) is 0 Å². The number of hydrazine groups is 1. The van der Waals surface area contributed by atoms with Crippen LogP contribution < -0.4 is 11.6 Å². The maximum atomic E-state index is 11.1. The van der Waals surface area contributed by atoms with Gasteiger partial charge in [-0.3, -0.25) is 5.84 Å². The Bertz CT molecular complexity index is 376. The minimum Gasteiger partial charge on any atom is -0.442 e. The van der Waals surface area contributed by atoms with Crippen LogP contribution >= 0.6 is 0 Å². The number of ether oxygens (including phenoxy) is 1. The van der Waals surface area contributed by atoms with Crippen LogP contribution in [0.25, 0.3) is 0 Å². The maximum Gasteiger partial charge on any atom is 0.405 e. The molecule has 0 aliphatic carbocycles. The minimum atomic E-state index is -0.716. The highest BCUT2D eigenvalue weighted by Gasteiger charge is 2.20. The molecule has 1 rings (SSSR count). The van der Waals surface area contributed by atoms with Gasteiger partial charge in [-0.05, 0) is 25.8 Å². The zero-order valence-electron chi connectivity index (χ0n) is 19.1. The normalized spacial score (nSPS) is 16.1. The molecule has 6 nitrogen and oxygen atoms in total. The first kappa shape index (κ1) is 30.4. The van der Waals surface area contributed by atoms with Gasteiger partial charge in [-0.15, -0.1) is 0 Å². The van der Waals surface area contributed by atoms with Crippen LogP contribution in [-0.4, -0.2) is 54.8 Å². The molecule has 0 aromatic rings. The molecule has 1 heterocycles. The fourth-order valence-electron chi connectivity index (χ4n) is 2.44. The van der Waals surface area contributed by atoms with Crippen molar-refractivity contribution in [3.63, 3.8) is 0 Å². The van der Waals surface area contributed by atoms with Crippen LogP contribution in [0.4, 0.5) is 4.79 Å². The van der Waals surface area contributed by atoms with E-state index in [9.17, 15) is 4.79 Å². The van der Waals surface area contributed by atoms with E-state index < -0.39 is 6.09 Å². The van der Waals surface area contributed by atoms with E-state index in [4.69, 9.17) is 16.3 Å². The molecule has 0 radical (unpaired) electrons. The third kappa shape index (κ3) is 16.5. The first-order chi connectivity index (χ1) is 13.1. The Morgan fingerprint density at radius 1 is 1.04 bits per heavy atom. The van der Waals surface area contributed by atoms with E-state index in [0.717, 1.165) is 51.1 Å². The molecular weight excluding hydrogens is 340 g/mol. The van der Waals surface area contributed by atoms with Crippen LogP contribution in [0.1, 0.15) is 68.2 Å².